The van der Waals surface area contributed by atoms with Gasteiger partial charge in [0.25, 0.3) is 0 Å². The average Bonchev–Trinajstić information content (AvgIpc) is 2.78. The fraction of sp³-hybridized carbons (Fsp3) is 0.357. The van der Waals surface area contributed by atoms with E-state index in [1.807, 2.05) is 12.1 Å². The zero-order valence-electron chi connectivity index (χ0n) is 10.8. The lowest BCUT2D eigenvalue weighted by molar-refractivity contribution is 0.598. The molecule has 0 amide bonds. The highest BCUT2D eigenvalue weighted by Gasteiger charge is 2.18. The van der Waals surface area contributed by atoms with Crippen molar-refractivity contribution in [2.24, 2.45) is 0 Å². The second-order valence-electron chi connectivity index (χ2n) is 4.38. The molecule has 0 spiro atoms. The van der Waals surface area contributed by atoms with Gasteiger partial charge in [0.15, 0.2) is 0 Å². The van der Waals surface area contributed by atoms with Crippen LogP contribution in [0.3, 0.4) is 0 Å². The summed E-state index contributed by atoms with van der Waals surface area (Å²) in [6, 6.07) is 4.13. The quantitative estimate of drug-likeness (QED) is 0.869. The molecule has 2 rings (SSSR count). The lowest BCUT2D eigenvalue weighted by Gasteiger charge is -2.20. The third-order valence-corrected chi connectivity index (χ3v) is 3.87. The summed E-state index contributed by atoms with van der Waals surface area (Å²) in [5, 5.41) is 7.92. The van der Waals surface area contributed by atoms with Gasteiger partial charge in [-0.1, -0.05) is 13.0 Å². The number of nitrogens with one attached hydrogen (secondary N) is 1. The largest absolute Gasteiger partial charge is 0.383 e. The first kappa shape index (κ1) is 13.1. The Morgan fingerprint density at radius 2 is 2.22 bits per heavy atom. The molecule has 0 aliphatic rings. The van der Waals surface area contributed by atoms with E-state index in [1.54, 1.807) is 17.5 Å². The van der Waals surface area contributed by atoms with Crippen molar-refractivity contribution in [3.05, 3.63) is 45.8 Å². The first-order valence-electron chi connectivity index (χ1n) is 6.20. The van der Waals surface area contributed by atoms with Crippen molar-refractivity contribution in [2.45, 2.75) is 26.3 Å². The van der Waals surface area contributed by atoms with Gasteiger partial charge in [-0.2, -0.15) is 11.3 Å². The molecule has 18 heavy (non-hydrogen) atoms. The summed E-state index contributed by atoms with van der Waals surface area (Å²) < 4.78 is 0. The fourth-order valence-corrected chi connectivity index (χ4v) is 2.89. The standard InChI is InChI=1S/C14H19N3S/c1-3-6-16-13(12-9-18-8-10(12)2)11-5-4-7-17-14(11)15/h4-5,7-9,13,16H,3,6H2,1-2H3,(H2,15,17). The first-order valence-corrected chi connectivity index (χ1v) is 7.14. The second-order valence-corrected chi connectivity index (χ2v) is 5.12. The molecule has 1 unspecified atom stereocenters. The van der Waals surface area contributed by atoms with Crippen LogP contribution in [0.4, 0.5) is 5.82 Å². The Balaban J connectivity index is 2.37. The molecule has 0 saturated carbocycles. The summed E-state index contributed by atoms with van der Waals surface area (Å²) in [6.07, 6.45) is 2.83. The Bertz CT molecular complexity index is 507. The summed E-state index contributed by atoms with van der Waals surface area (Å²) >= 11 is 1.73. The van der Waals surface area contributed by atoms with Gasteiger partial charge in [-0.15, -0.1) is 0 Å². The van der Waals surface area contributed by atoms with Gasteiger partial charge in [0.1, 0.15) is 5.82 Å². The molecule has 3 N–H and O–H groups in total. The van der Waals surface area contributed by atoms with Gasteiger partial charge in [0.2, 0.25) is 0 Å². The van der Waals surface area contributed by atoms with E-state index in [-0.39, 0.29) is 6.04 Å². The van der Waals surface area contributed by atoms with E-state index in [2.05, 4.69) is 34.9 Å². The third-order valence-electron chi connectivity index (χ3n) is 2.99. The summed E-state index contributed by atoms with van der Waals surface area (Å²) in [6.45, 7) is 5.27. The van der Waals surface area contributed by atoms with E-state index >= 15 is 0 Å². The highest BCUT2D eigenvalue weighted by molar-refractivity contribution is 7.08. The monoisotopic (exact) mass is 261 g/mol. The van der Waals surface area contributed by atoms with Crippen LogP contribution in [0.25, 0.3) is 0 Å². The molecule has 4 heteroatoms. The molecule has 0 aromatic carbocycles. The van der Waals surface area contributed by atoms with Gasteiger partial charge in [-0.05, 0) is 47.8 Å². The van der Waals surface area contributed by atoms with Crippen LogP contribution in [0.5, 0.6) is 0 Å². The maximum absolute atomic E-state index is 6.00. The molecule has 2 heterocycles. The predicted molar refractivity (Wildman–Crippen MR) is 77.8 cm³/mol. The number of aryl methyl sites for hydroxylation is 1. The summed E-state index contributed by atoms with van der Waals surface area (Å²) in [5.74, 6) is 0.608. The zero-order valence-corrected chi connectivity index (χ0v) is 11.6. The van der Waals surface area contributed by atoms with E-state index in [0.717, 1.165) is 18.5 Å². The van der Waals surface area contributed by atoms with Crippen LogP contribution in [-0.4, -0.2) is 11.5 Å². The minimum absolute atomic E-state index is 0.143. The summed E-state index contributed by atoms with van der Waals surface area (Å²) in [4.78, 5) is 4.19. The van der Waals surface area contributed by atoms with E-state index in [0.29, 0.717) is 5.82 Å². The van der Waals surface area contributed by atoms with Crippen molar-refractivity contribution >= 4 is 17.2 Å². The van der Waals surface area contributed by atoms with Gasteiger partial charge in [0.05, 0.1) is 6.04 Å². The molecule has 1 atom stereocenters. The van der Waals surface area contributed by atoms with Crippen LogP contribution in [-0.2, 0) is 0 Å². The molecule has 2 aromatic rings. The number of nitrogen functional groups attached to an aromatic ring is 1. The maximum Gasteiger partial charge on any atom is 0.128 e. The minimum Gasteiger partial charge on any atom is -0.383 e. The predicted octanol–water partition coefficient (Wildman–Crippen LogP) is 3.12. The summed E-state index contributed by atoms with van der Waals surface area (Å²) in [7, 11) is 0. The fourth-order valence-electron chi connectivity index (χ4n) is 2.02. The van der Waals surface area contributed by atoms with Gasteiger partial charge < -0.3 is 11.1 Å². The molecule has 96 valence electrons. The Morgan fingerprint density at radius 1 is 1.39 bits per heavy atom. The van der Waals surface area contributed by atoms with Crippen LogP contribution in [0, 0.1) is 6.92 Å². The Labute approximate surface area is 112 Å². The third kappa shape index (κ3) is 2.71. The second kappa shape index (κ2) is 5.98. The van der Waals surface area contributed by atoms with Crippen molar-refractivity contribution in [1.29, 1.82) is 0 Å². The van der Waals surface area contributed by atoms with Crippen LogP contribution in [0.2, 0.25) is 0 Å². The highest BCUT2D eigenvalue weighted by atomic mass is 32.1. The molecule has 0 radical (unpaired) electrons. The Kier molecular flexibility index (Phi) is 4.33. The highest BCUT2D eigenvalue weighted by Crippen LogP contribution is 2.29. The first-order chi connectivity index (χ1) is 8.74. The van der Waals surface area contributed by atoms with Crippen LogP contribution in [0.15, 0.2) is 29.1 Å². The smallest absolute Gasteiger partial charge is 0.128 e. The molecule has 0 aliphatic carbocycles. The number of rotatable bonds is 5. The Hall–Kier alpha value is -1.39. The van der Waals surface area contributed by atoms with Crippen molar-refractivity contribution in [3.63, 3.8) is 0 Å². The topological polar surface area (TPSA) is 50.9 Å². The van der Waals surface area contributed by atoms with Crippen LogP contribution in [0.1, 0.15) is 36.1 Å². The molecule has 0 aliphatic heterocycles. The van der Waals surface area contributed by atoms with E-state index in [4.69, 9.17) is 5.73 Å². The van der Waals surface area contributed by atoms with Crippen molar-refractivity contribution in [1.82, 2.24) is 10.3 Å². The number of hydrogen-bond donors (Lipinski definition) is 2. The van der Waals surface area contributed by atoms with Crippen LogP contribution >= 0.6 is 11.3 Å². The molecule has 3 nitrogen and oxygen atoms in total. The lowest BCUT2D eigenvalue weighted by atomic mass is 9.99. The van der Waals surface area contributed by atoms with Gasteiger partial charge in [-0.25, -0.2) is 4.98 Å². The minimum atomic E-state index is 0.143. The normalized spacial score (nSPS) is 12.6. The number of aromatic nitrogens is 1. The van der Waals surface area contributed by atoms with Gasteiger partial charge in [0, 0.05) is 11.8 Å². The molecular weight excluding hydrogens is 242 g/mol. The van der Waals surface area contributed by atoms with E-state index < -0.39 is 0 Å². The number of nitrogens with two attached hydrogens (primary N) is 1. The zero-order chi connectivity index (χ0) is 13.0. The number of nitrogens with zero attached hydrogens (tertiary/aromatic N) is 1. The number of hydrogen-bond acceptors (Lipinski definition) is 4. The van der Waals surface area contributed by atoms with Gasteiger partial charge in [-0.3, -0.25) is 0 Å². The molecule has 0 fully saturated rings. The number of anilines is 1. The van der Waals surface area contributed by atoms with Crippen LogP contribution < -0.4 is 11.1 Å². The van der Waals surface area contributed by atoms with Crippen molar-refractivity contribution in [2.75, 3.05) is 12.3 Å². The Morgan fingerprint density at radius 3 is 2.83 bits per heavy atom. The molecule has 0 saturated heterocycles. The molecular formula is C14H19N3S. The lowest BCUT2D eigenvalue weighted by Crippen LogP contribution is -2.24. The number of pyridine rings is 1. The summed E-state index contributed by atoms with van der Waals surface area (Å²) in [5.41, 5.74) is 9.67. The van der Waals surface area contributed by atoms with E-state index in [9.17, 15) is 0 Å². The van der Waals surface area contributed by atoms with Gasteiger partial charge >= 0.3 is 0 Å². The molecule has 2 aromatic heterocycles. The molecule has 0 bridgehead atoms. The average molecular weight is 261 g/mol. The number of thiophene rings is 1. The van der Waals surface area contributed by atoms with Crippen molar-refractivity contribution < 1.29 is 0 Å². The van der Waals surface area contributed by atoms with Crippen molar-refractivity contribution in [3.8, 4) is 0 Å². The maximum atomic E-state index is 6.00. The van der Waals surface area contributed by atoms with E-state index in [1.165, 1.54) is 11.1 Å². The SMILES string of the molecule is CCCNC(c1cscc1C)c1cccnc1N.